The quantitative estimate of drug-likeness (QED) is 0.568. The van der Waals surface area contributed by atoms with Crippen molar-refractivity contribution in [1.82, 2.24) is 0 Å². The molecule has 2 aliphatic rings. The number of thioether (sulfide) groups is 1. The number of fused-ring (bicyclic) bond motifs is 2. The third-order valence-electron chi connectivity index (χ3n) is 2.28. The van der Waals surface area contributed by atoms with Crippen LogP contribution in [0.3, 0.4) is 0 Å². The first-order valence-electron chi connectivity index (χ1n) is 4.63. The Labute approximate surface area is 67.8 Å². The highest BCUT2D eigenvalue weighted by atomic mass is 32.2. The predicted octanol–water partition coefficient (Wildman–Crippen LogP) is 0.640. The van der Waals surface area contributed by atoms with E-state index < -0.39 is 18.3 Å². The van der Waals surface area contributed by atoms with E-state index in [-0.39, 0.29) is 17.4 Å². The van der Waals surface area contributed by atoms with Crippen LogP contribution in [0.25, 0.3) is 0 Å². The molecule has 5 atom stereocenters. The molecule has 2 heterocycles. The van der Waals surface area contributed by atoms with Crippen LogP contribution in [0.4, 0.5) is 0 Å². The third-order valence-corrected chi connectivity index (χ3v) is 3.77. The Balaban J connectivity index is 2.30. The van der Waals surface area contributed by atoms with E-state index in [1.165, 1.54) is 0 Å². The minimum Gasteiger partial charge on any atom is -0.389 e. The Morgan fingerprint density at radius 3 is 3.30 bits per heavy atom. The smallest absolute Gasteiger partial charge is 0.104 e. The number of aliphatic hydroxyl groups excluding tert-OH is 1. The molecule has 0 aliphatic carbocycles. The van der Waals surface area contributed by atoms with Gasteiger partial charge in [-0.05, 0) is 6.90 Å². The Bertz CT molecular complexity index is 204. The summed E-state index contributed by atoms with van der Waals surface area (Å²) in [6.07, 6.45) is -0.627. The van der Waals surface area contributed by atoms with Gasteiger partial charge in [-0.2, -0.15) is 0 Å². The predicted molar refractivity (Wildman–Crippen MR) is 41.2 cm³/mol. The van der Waals surface area contributed by atoms with E-state index in [0.717, 1.165) is 0 Å². The molecule has 2 nitrogen and oxygen atoms in total. The summed E-state index contributed by atoms with van der Waals surface area (Å²) in [7, 11) is 0. The van der Waals surface area contributed by atoms with Crippen molar-refractivity contribution in [3.63, 3.8) is 0 Å². The van der Waals surface area contributed by atoms with Gasteiger partial charge in [0, 0.05) is 6.62 Å². The van der Waals surface area contributed by atoms with Crippen LogP contribution >= 0.6 is 11.8 Å². The largest absolute Gasteiger partial charge is 0.389 e. The summed E-state index contributed by atoms with van der Waals surface area (Å²) < 4.78 is 20.2. The van der Waals surface area contributed by atoms with Gasteiger partial charge in [0.15, 0.2) is 0 Å². The van der Waals surface area contributed by atoms with Gasteiger partial charge in [-0.3, -0.25) is 0 Å². The van der Waals surface area contributed by atoms with Gasteiger partial charge >= 0.3 is 0 Å². The molecule has 0 aromatic carbocycles. The second kappa shape index (κ2) is 1.90. The highest BCUT2D eigenvalue weighted by Crippen LogP contribution is 2.48. The molecule has 0 amide bonds. The van der Waals surface area contributed by atoms with Gasteiger partial charge < -0.3 is 9.84 Å². The van der Waals surface area contributed by atoms with Crippen LogP contribution in [-0.4, -0.2) is 33.9 Å². The maximum absolute atomic E-state index is 9.73. The Morgan fingerprint density at radius 2 is 2.90 bits per heavy atom. The summed E-state index contributed by atoms with van der Waals surface area (Å²) in [5, 5.41) is 9.72. The number of hydrogen-bond acceptors (Lipinski definition) is 3. The van der Waals surface area contributed by atoms with Crippen LogP contribution in [0.1, 0.15) is 16.6 Å². The average molecular weight is 163 g/mol. The van der Waals surface area contributed by atoms with Gasteiger partial charge in [-0.15, -0.1) is 11.8 Å². The number of rotatable bonds is 0. The van der Waals surface area contributed by atoms with Gasteiger partial charge in [0.2, 0.25) is 0 Å². The maximum Gasteiger partial charge on any atom is 0.104 e. The molecule has 10 heavy (non-hydrogen) atoms. The highest BCUT2D eigenvalue weighted by molar-refractivity contribution is 8.01. The minimum atomic E-state index is -0.762. The second-order valence-electron chi connectivity index (χ2n) is 2.90. The average Bonchev–Trinajstić information content (AvgIpc) is 2.41. The van der Waals surface area contributed by atoms with Crippen molar-refractivity contribution >= 4 is 11.8 Å². The monoisotopic (exact) mass is 163 g/mol. The fourth-order valence-corrected chi connectivity index (χ4v) is 2.81. The fourth-order valence-electron chi connectivity index (χ4n) is 1.41. The lowest BCUT2D eigenvalue weighted by atomic mass is 9.97. The first-order chi connectivity index (χ1) is 5.62. The fraction of sp³-hybridized carbons (Fsp3) is 1.00. The summed E-state index contributed by atoms with van der Waals surface area (Å²) in [6, 6.07) is 0. The van der Waals surface area contributed by atoms with E-state index in [1.54, 1.807) is 11.8 Å². The summed E-state index contributed by atoms with van der Waals surface area (Å²) in [6.45, 7) is 1.36. The van der Waals surface area contributed by atoms with Crippen molar-refractivity contribution in [3.8, 4) is 0 Å². The van der Waals surface area contributed by atoms with E-state index in [9.17, 15) is 5.11 Å². The first kappa shape index (κ1) is 5.01. The molecule has 0 unspecified atom stereocenters. The van der Waals surface area contributed by atoms with Crippen molar-refractivity contribution in [2.45, 2.75) is 36.0 Å². The Kier molecular flexibility index (Phi) is 0.952. The molecule has 0 spiro atoms. The number of aliphatic hydroxyl groups is 1. The molecular formula is C7H12O2S. The molecule has 58 valence electrons. The second-order valence-corrected chi connectivity index (χ2v) is 4.42. The van der Waals surface area contributed by atoms with Gasteiger partial charge in [-0.25, -0.2) is 0 Å². The normalized spacial score (nSPS) is 69.8. The van der Waals surface area contributed by atoms with Gasteiger partial charge in [0.05, 0.1) is 19.3 Å². The highest BCUT2D eigenvalue weighted by Gasteiger charge is 2.56. The summed E-state index contributed by atoms with van der Waals surface area (Å²) in [4.78, 5) is 0. The van der Waals surface area contributed by atoms with Crippen LogP contribution in [0.2, 0.25) is 0 Å². The zero-order chi connectivity index (χ0) is 8.93. The Morgan fingerprint density at radius 1 is 2.10 bits per heavy atom. The number of hydrogen-bond donors (Lipinski definition) is 1. The van der Waals surface area contributed by atoms with Crippen LogP contribution in [0, 0.1) is 0 Å². The third kappa shape index (κ3) is 0.633. The van der Waals surface area contributed by atoms with Gasteiger partial charge in [0.25, 0.3) is 0 Å². The van der Waals surface area contributed by atoms with Crippen molar-refractivity contribution in [3.05, 3.63) is 0 Å². The summed E-state index contributed by atoms with van der Waals surface area (Å²) >= 11 is 1.57. The molecule has 2 aliphatic heterocycles. The SMILES string of the molecule is [2H]C[C@]12O[C@H]([3H])[C@H](S[C@H]1C)[C@@H]2O. The molecule has 1 N–H and O–H groups in total. The summed E-state index contributed by atoms with van der Waals surface area (Å²) in [5.74, 6) is 0. The molecule has 3 heteroatoms. The molecule has 2 saturated heterocycles. The van der Waals surface area contributed by atoms with Crippen LogP contribution < -0.4 is 0 Å². The van der Waals surface area contributed by atoms with E-state index in [0.29, 0.717) is 0 Å². The maximum atomic E-state index is 9.73. The topological polar surface area (TPSA) is 29.5 Å². The molecule has 0 radical (unpaired) electrons. The lowest BCUT2D eigenvalue weighted by Gasteiger charge is -2.28. The van der Waals surface area contributed by atoms with Crippen molar-refractivity contribution in [2.75, 3.05) is 6.58 Å². The zero-order valence-corrected chi connectivity index (χ0v) is 6.60. The molecule has 0 aromatic heterocycles. The van der Waals surface area contributed by atoms with E-state index in [2.05, 4.69) is 0 Å². The molecular weight excluding hydrogens is 148 g/mol. The lowest BCUT2D eigenvalue weighted by molar-refractivity contribution is -0.0384. The lowest BCUT2D eigenvalue weighted by Crippen LogP contribution is -2.40. The molecule has 2 bridgehead atoms. The molecule has 0 aromatic rings. The van der Waals surface area contributed by atoms with Crippen molar-refractivity contribution in [2.24, 2.45) is 0 Å². The van der Waals surface area contributed by atoms with E-state index >= 15 is 0 Å². The van der Waals surface area contributed by atoms with Crippen LogP contribution in [0.5, 0.6) is 0 Å². The van der Waals surface area contributed by atoms with Crippen LogP contribution in [-0.2, 0) is 4.74 Å². The molecule has 0 saturated carbocycles. The number of ether oxygens (including phenoxy) is 1. The Hall–Kier alpha value is 0.270. The molecule has 2 rings (SSSR count). The minimum absolute atomic E-state index is 0.0498. The first-order valence-corrected chi connectivity index (χ1v) is 4.29. The van der Waals surface area contributed by atoms with Gasteiger partial charge in [0.1, 0.15) is 5.60 Å². The standard InChI is InChI=1S/C7H12O2S/c1-4-7(2)6(8)5(10-4)3-9-7/h4-6,8H,3H2,1-2H3/t4-,5-,6-,7-/m0/s1/i2D,3T/t3-,4+,5+,6+,7+/m1. The zero-order valence-electron chi connectivity index (χ0n) is 7.78. The van der Waals surface area contributed by atoms with Crippen LogP contribution in [0.15, 0.2) is 0 Å². The van der Waals surface area contributed by atoms with Crippen molar-refractivity contribution in [1.29, 1.82) is 0 Å². The summed E-state index contributed by atoms with van der Waals surface area (Å²) in [5.41, 5.74) is -0.762. The van der Waals surface area contributed by atoms with Gasteiger partial charge in [-0.1, -0.05) is 6.92 Å². The van der Waals surface area contributed by atoms with Crippen molar-refractivity contribution < 1.29 is 12.6 Å². The molecule has 2 fully saturated rings. The van der Waals surface area contributed by atoms with E-state index in [1.807, 2.05) is 6.92 Å². The van der Waals surface area contributed by atoms with E-state index in [4.69, 9.17) is 7.48 Å².